The Morgan fingerprint density at radius 3 is 2.33 bits per heavy atom. The van der Waals surface area contributed by atoms with E-state index in [1.54, 1.807) is 0 Å². The predicted molar refractivity (Wildman–Crippen MR) is 46.4 cm³/mol. The van der Waals surface area contributed by atoms with Gasteiger partial charge in [-0.05, 0) is 12.5 Å². The van der Waals surface area contributed by atoms with Gasteiger partial charge in [-0.1, -0.05) is 12.0 Å². The molecule has 0 aliphatic rings. The molecule has 72 valence electrons. The molecule has 0 fully saturated rings. The van der Waals surface area contributed by atoms with E-state index in [1.165, 1.54) is 0 Å². The van der Waals surface area contributed by atoms with Crippen molar-refractivity contribution in [2.45, 2.75) is 19.4 Å². The van der Waals surface area contributed by atoms with Crippen molar-refractivity contribution in [1.82, 2.24) is 0 Å². The molecular weight excluding hydrogens is 178 g/mol. The minimum atomic E-state index is 0.598. The summed E-state index contributed by atoms with van der Waals surface area (Å²) in [5, 5.41) is 9.74. The second kappa shape index (κ2) is 16.8. The smallest absolute Gasteiger partial charge is 0.222 e. The molecule has 0 radical (unpaired) electrons. The van der Waals surface area contributed by atoms with E-state index in [0.29, 0.717) is 13.2 Å². The lowest BCUT2D eigenvalue weighted by molar-refractivity contribution is -0.510. The highest BCUT2D eigenvalue weighted by Gasteiger charge is 1.84. The van der Waals surface area contributed by atoms with Crippen LogP contribution in [0.3, 0.4) is 0 Å². The summed E-state index contributed by atoms with van der Waals surface area (Å²) in [6.07, 6.45) is 1.70. The molecule has 0 saturated heterocycles. The van der Waals surface area contributed by atoms with Crippen LogP contribution in [-0.2, 0) is 19.6 Å². The van der Waals surface area contributed by atoms with Crippen molar-refractivity contribution in [3.63, 3.8) is 0 Å². The maximum absolute atomic E-state index is 8.35. The van der Waals surface area contributed by atoms with E-state index < -0.39 is 0 Å². The highest BCUT2D eigenvalue weighted by atomic mass is 28.1. The summed E-state index contributed by atoms with van der Waals surface area (Å²) < 4.78 is 0. The van der Waals surface area contributed by atoms with E-state index in [9.17, 15) is 0 Å². The molecule has 0 unspecified atom stereocenters. The fourth-order valence-electron chi connectivity index (χ4n) is 0.269. The van der Waals surface area contributed by atoms with E-state index in [-0.39, 0.29) is 0 Å². The highest BCUT2D eigenvalue weighted by Crippen LogP contribution is 1.84. The van der Waals surface area contributed by atoms with Crippen LogP contribution in [0.25, 0.3) is 0 Å². The van der Waals surface area contributed by atoms with Gasteiger partial charge in [0.2, 0.25) is 6.08 Å². The predicted octanol–water partition coefficient (Wildman–Crippen LogP) is -0.0391. The summed E-state index contributed by atoms with van der Waals surface area (Å²) in [6.45, 7) is 3.26. The number of nitrogens with one attached hydrogen (secondary N) is 1. The molecule has 12 heavy (non-hydrogen) atoms. The monoisotopic (exact) mass is 193 g/mol. The minimum Gasteiger partial charge on any atom is -0.222 e. The number of carbonyl (C=O) groups excluding carboxylic acids is 1. The zero-order valence-electron chi connectivity index (χ0n) is 7.46. The fourth-order valence-corrected chi connectivity index (χ4v) is 0.435. The van der Waals surface area contributed by atoms with Crippen molar-refractivity contribution < 1.29 is 19.6 Å². The standard InChI is InChI=1S/C5H14O3Si.CHNO/c1-2-3-6-8-7-4-5-9;2-1-3/h2-5H2,1,9H3;2H. The van der Waals surface area contributed by atoms with Gasteiger partial charge >= 0.3 is 0 Å². The highest BCUT2D eigenvalue weighted by molar-refractivity contribution is 6.08. The first-order valence-corrected chi connectivity index (χ1v) is 5.19. The maximum atomic E-state index is 8.35. The Kier molecular flexibility index (Phi) is 19.7. The molecule has 0 rings (SSSR count). The summed E-state index contributed by atoms with van der Waals surface area (Å²) >= 11 is 0. The second-order valence-corrected chi connectivity index (χ2v) is 2.81. The molecule has 0 heterocycles. The molecule has 0 aromatic rings. The number of rotatable bonds is 6. The van der Waals surface area contributed by atoms with Gasteiger partial charge in [0.1, 0.15) is 0 Å². The Labute approximate surface area is 74.8 Å². The fraction of sp³-hybridized carbons (Fsp3) is 0.833. The quantitative estimate of drug-likeness (QED) is 0.160. The van der Waals surface area contributed by atoms with Crippen LogP contribution in [-0.4, -0.2) is 29.5 Å². The molecular formula is C6H15NO4Si. The summed E-state index contributed by atoms with van der Waals surface area (Å²) in [6, 6.07) is 1.08. The van der Waals surface area contributed by atoms with Gasteiger partial charge in [0.15, 0.2) is 0 Å². The van der Waals surface area contributed by atoms with Crippen LogP contribution in [0.1, 0.15) is 13.3 Å². The Morgan fingerprint density at radius 1 is 1.42 bits per heavy atom. The van der Waals surface area contributed by atoms with Crippen LogP contribution in [0.5, 0.6) is 0 Å². The third-order valence-corrected chi connectivity index (χ3v) is 1.08. The molecule has 6 heteroatoms. The lowest BCUT2D eigenvalue weighted by Crippen LogP contribution is -1.98. The molecule has 0 amide bonds. The van der Waals surface area contributed by atoms with Crippen molar-refractivity contribution in [2.75, 3.05) is 13.2 Å². The number of hydrogen-bond donors (Lipinski definition) is 1. The van der Waals surface area contributed by atoms with Crippen molar-refractivity contribution in [3.8, 4) is 0 Å². The van der Waals surface area contributed by atoms with Gasteiger partial charge in [0, 0.05) is 10.2 Å². The van der Waals surface area contributed by atoms with E-state index in [0.717, 1.165) is 28.8 Å². The molecule has 0 spiro atoms. The molecule has 0 atom stereocenters. The summed E-state index contributed by atoms with van der Waals surface area (Å²) in [5.74, 6) is 0. The molecule has 0 bridgehead atoms. The number of isocyanates is 1. The third kappa shape index (κ3) is 22.7. The molecule has 0 aromatic carbocycles. The molecule has 0 aromatic heterocycles. The summed E-state index contributed by atoms with van der Waals surface area (Å²) in [5.41, 5.74) is 0. The van der Waals surface area contributed by atoms with Crippen molar-refractivity contribution in [2.24, 2.45) is 0 Å². The van der Waals surface area contributed by atoms with Crippen LogP contribution in [0.2, 0.25) is 6.04 Å². The Balaban J connectivity index is 0. The van der Waals surface area contributed by atoms with E-state index >= 15 is 0 Å². The van der Waals surface area contributed by atoms with Gasteiger partial charge in [-0.3, -0.25) is 0 Å². The Morgan fingerprint density at radius 2 is 1.92 bits per heavy atom. The van der Waals surface area contributed by atoms with Gasteiger partial charge < -0.3 is 0 Å². The summed E-state index contributed by atoms with van der Waals surface area (Å²) in [4.78, 5) is 17.5. The van der Waals surface area contributed by atoms with Crippen LogP contribution in [0.4, 0.5) is 0 Å². The molecule has 1 N–H and O–H groups in total. The van der Waals surface area contributed by atoms with Gasteiger partial charge in [-0.25, -0.2) is 20.0 Å². The second-order valence-electron chi connectivity index (χ2n) is 1.81. The average molecular weight is 193 g/mol. The Bertz CT molecular complexity index is 99.7. The Hall–Kier alpha value is -0.523. The van der Waals surface area contributed by atoms with E-state index in [4.69, 9.17) is 10.2 Å². The zero-order chi connectivity index (χ0) is 9.66. The van der Waals surface area contributed by atoms with Crippen molar-refractivity contribution >= 4 is 16.3 Å². The molecule has 5 nitrogen and oxygen atoms in total. The van der Waals surface area contributed by atoms with Gasteiger partial charge in [-0.2, -0.15) is 0 Å². The molecule has 0 aliphatic carbocycles. The largest absolute Gasteiger partial charge is 0.231 e. The van der Waals surface area contributed by atoms with Crippen LogP contribution < -0.4 is 0 Å². The van der Waals surface area contributed by atoms with Crippen molar-refractivity contribution in [1.29, 1.82) is 5.41 Å². The normalized spacial score (nSPS) is 8.42. The zero-order valence-corrected chi connectivity index (χ0v) is 9.46. The molecule has 0 saturated carbocycles. The molecule has 0 aliphatic heterocycles. The van der Waals surface area contributed by atoms with Crippen LogP contribution in [0.15, 0.2) is 0 Å². The SMILES string of the molecule is CCCOOOCC[SiH3].N=C=O. The maximum Gasteiger partial charge on any atom is 0.231 e. The topological polar surface area (TPSA) is 68.6 Å². The number of hydrogen-bond acceptors (Lipinski definition) is 5. The first-order chi connectivity index (χ1) is 5.83. The first kappa shape index (κ1) is 14.0. The summed E-state index contributed by atoms with van der Waals surface area (Å²) in [7, 11) is 1.15. The van der Waals surface area contributed by atoms with Crippen LogP contribution >= 0.6 is 0 Å². The van der Waals surface area contributed by atoms with Crippen molar-refractivity contribution in [3.05, 3.63) is 0 Å². The van der Waals surface area contributed by atoms with Crippen LogP contribution in [0, 0.1) is 5.41 Å². The van der Waals surface area contributed by atoms with Gasteiger partial charge in [0.05, 0.1) is 13.2 Å². The van der Waals surface area contributed by atoms with Gasteiger partial charge in [-0.15, -0.1) is 0 Å². The lowest BCUT2D eigenvalue weighted by Gasteiger charge is -1.98. The lowest BCUT2D eigenvalue weighted by atomic mass is 10.5. The van der Waals surface area contributed by atoms with E-state index in [2.05, 4.69) is 14.8 Å². The van der Waals surface area contributed by atoms with Gasteiger partial charge in [0.25, 0.3) is 0 Å². The minimum absolute atomic E-state index is 0.598. The van der Waals surface area contributed by atoms with E-state index in [1.807, 2.05) is 6.92 Å². The average Bonchev–Trinajstić information content (AvgIpc) is 2.06. The first-order valence-electron chi connectivity index (χ1n) is 3.78. The third-order valence-electron chi connectivity index (χ3n) is 0.671.